The van der Waals surface area contributed by atoms with E-state index in [-0.39, 0.29) is 34.5 Å². The number of nitrogens with one attached hydrogen (secondary N) is 2. The van der Waals surface area contributed by atoms with E-state index in [4.69, 9.17) is 9.47 Å². The molecule has 0 saturated carbocycles. The Morgan fingerprint density at radius 1 is 1.23 bits per heavy atom. The largest absolute Gasteiger partial charge is 0.496 e. The van der Waals surface area contributed by atoms with Crippen molar-refractivity contribution in [2.75, 3.05) is 25.6 Å². The third-order valence-corrected chi connectivity index (χ3v) is 6.22. The monoisotopic (exact) mass is 458 g/mol. The molecule has 1 unspecified atom stereocenters. The molecule has 1 atom stereocenters. The molecular formula is C20H21F3N2O5S. The molecule has 1 heterocycles. The maximum Gasteiger partial charge on any atom is 0.266 e. The number of alkyl halides is 2. The van der Waals surface area contributed by atoms with Crippen molar-refractivity contribution in [1.29, 1.82) is 0 Å². The van der Waals surface area contributed by atoms with E-state index in [0.29, 0.717) is 13.0 Å². The summed E-state index contributed by atoms with van der Waals surface area (Å²) in [7, 11) is -2.66. The van der Waals surface area contributed by atoms with Crippen LogP contribution in [0.1, 0.15) is 35.2 Å². The molecule has 2 N–H and O–H groups in total. The summed E-state index contributed by atoms with van der Waals surface area (Å²) in [5, 5.41) is 2.36. The van der Waals surface area contributed by atoms with Gasteiger partial charge in [0.2, 0.25) is 10.0 Å². The molecular weight excluding hydrogens is 437 g/mol. The number of hydrogen-bond acceptors (Lipinski definition) is 5. The smallest absolute Gasteiger partial charge is 0.266 e. The van der Waals surface area contributed by atoms with Gasteiger partial charge >= 0.3 is 0 Å². The molecule has 0 aromatic heterocycles. The first kappa shape index (κ1) is 23.0. The number of methoxy groups -OCH3 is 1. The fourth-order valence-corrected chi connectivity index (χ4v) is 4.42. The molecule has 2 aromatic carbocycles. The van der Waals surface area contributed by atoms with Gasteiger partial charge in [-0.3, -0.25) is 4.79 Å². The van der Waals surface area contributed by atoms with Gasteiger partial charge in [-0.2, -0.15) is 0 Å². The summed E-state index contributed by atoms with van der Waals surface area (Å²) >= 11 is 0. The molecule has 1 aliphatic heterocycles. The molecule has 3 rings (SSSR count). The van der Waals surface area contributed by atoms with E-state index in [0.717, 1.165) is 30.7 Å². The van der Waals surface area contributed by atoms with E-state index in [1.165, 1.54) is 19.2 Å². The topological polar surface area (TPSA) is 93.7 Å². The van der Waals surface area contributed by atoms with Crippen LogP contribution in [0, 0.1) is 5.82 Å². The van der Waals surface area contributed by atoms with Crippen LogP contribution < -0.4 is 14.8 Å². The van der Waals surface area contributed by atoms with Crippen LogP contribution in [0.3, 0.4) is 0 Å². The van der Waals surface area contributed by atoms with Crippen LogP contribution in [0.2, 0.25) is 0 Å². The first-order valence-corrected chi connectivity index (χ1v) is 10.9. The van der Waals surface area contributed by atoms with Gasteiger partial charge in [0.05, 0.1) is 29.7 Å². The number of ether oxygens (including phenoxy) is 2. The van der Waals surface area contributed by atoms with Crippen LogP contribution in [0.25, 0.3) is 0 Å². The lowest BCUT2D eigenvalue weighted by atomic mass is 10.1. The molecule has 31 heavy (non-hydrogen) atoms. The van der Waals surface area contributed by atoms with E-state index in [2.05, 4.69) is 10.0 Å². The third kappa shape index (κ3) is 5.54. The zero-order valence-corrected chi connectivity index (χ0v) is 17.3. The van der Waals surface area contributed by atoms with Crippen LogP contribution in [-0.4, -0.2) is 40.7 Å². The molecule has 1 aliphatic rings. The quantitative estimate of drug-likeness (QED) is 0.663. The van der Waals surface area contributed by atoms with Gasteiger partial charge in [0, 0.05) is 18.3 Å². The highest BCUT2D eigenvalue weighted by Crippen LogP contribution is 2.27. The minimum absolute atomic E-state index is 0.0745. The molecule has 1 fully saturated rings. The Morgan fingerprint density at radius 2 is 2.00 bits per heavy atom. The van der Waals surface area contributed by atoms with Crippen molar-refractivity contribution in [2.24, 2.45) is 0 Å². The minimum atomic E-state index is -3.95. The predicted octanol–water partition coefficient (Wildman–Crippen LogP) is 3.48. The fourth-order valence-electron chi connectivity index (χ4n) is 3.14. The second-order valence-electron chi connectivity index (χ2n) is 6.89. The molecule has 0 aliphatic carbocycles. The molecule has 168 valence electrons. The lowest BCUT2D eigenvalue weighted by Gasteiger charge is -2.23. The van der Waals surface area contributed by atoms with Crippen LogP contribution in [0.15, 0.2) is 41.3 Å². The maximum atomic E-state index is 13.5. The number of halogens is 3. The van der Waals surface area contributed by atoms with Crippen LogP contribution in [0.4, 0.5) is 18.9 Å². The van der Waals surface area contributed by atoms with Crippen molar-refractivity contribution in [1.82, 2.24) is 4.72 Å². The number of anilines is 1. The van der Waals surface area contributed by atoms with Crippen molar-refractivity contribution < 1.29 is 35.9 Å². The van der Waals surface area contributed by atoms with Gasteiger partial charge in [0.25, 0.3) is 12.3 Å². The molecule has 1 saturated heterocycles. The number of amides is 1. The fraction of sp³-hybridized carbons (Fsp3) is 0.350. The van der Waals surface area contributed by atoms with E-state index in [9.17, 15) is 26.4 Å². The SMILES string of the molecule is COc1ccc(S(=O)(=O)NC2CCCOC2)cc1C(=O)Nc1ccc(F)c(C(F)F)c1. The molecule has 2 aromatic rings. The van der Waals surface area contributed by atoms with Crippen molar-refractivity contribution in [2.45, 2.75) is 30.2 Å². The van der Waals surface area contributed by atoms with Gasteiger partial charge < -0.3 is 14.8 Å². The maximum absolute atomic E-state index is 13.5. The number of sulfonamides is 1. The van der Waals surface area contributed by atoms with Crippen LogP contribution >= 0.6 is 0 Å². The zero-order chi connectivity index (χ0) is 22.6. The van der Waals surface area contributed by atoms with Gasteiger partial charge in [0.1, 0.15) is 11.6 Å². The highest BCUT2D eigenvalue weighted by Gasteiger charge is 2.25. The standard InChI is InChI=1S/C20H21F3N2O5S/c1-29-18-7-5-14(31(27,28)25-13-3-2-8-30-11-13)10-16(18)20(26)24-12-4-6-17(21)15(9-12)19(22)23/h4-7,9-10,13,19,25H,2-3,8,11H2,1H3,(H,24,26). The summed E-state index contributed by atoms with van der Waals surface area (Å²) in [5.41, 5.74) is -1.07. The molecule has 0 radical (unpaired) electrons. The molecule has 11 heteroatoms. The average Bonchev–Trinajstić information content (AvgIpc) is 2.74. The van der Waals surface area contributed by atoms with Gasteiger partial charge in [-0.05, 0) is 49.2 Å². The first-order chi connectivity index (χ1) is 14.7. The van der Waals surface area contributed by atoms with Gasteiger partial charge in [-0.25, -0.2) is 26.3 Å². The summed E-state index contributed by atoms with van der Waals surface area (Å²) < 4.78 is 77.7. The summed E-state index contributed by atoms with van der Waals surface area (Å²) in [6.45, 7) is 0.821. The van der Waals surface area contributed by atoms with E-state index >= 15 is 0 Å². The Morgan fingerprint density at radius 3 is 2.65 bits per heavy atom. The normalized spacial score (nSPS) is 16.9. The molecule has 1 amide bonds. The molecule has 7 nitrogen and oxygen atoms in total. The highest BCUT2D eigenvalue weighted by atomic mass is 32.2. The molecule has 0 spiro atoms. The summed E-state index contributed by atoms with van der Waals surface area (Å²) in [4.78, 5) is 12.6. The number of hydrogen-bond donors (Lipinski definition) is 2. The van der Waals surface area contributed by atoms with E-state index in [1.807, 2.05) is 0 Å². The minimum Gasteiger partial charge on any atom is -0.496 e. The van der Waals surface area contributed by atoms with Crippen LogP contribution in [-0.2, 0) is 14.8 Å². The summed E-state index contributed by atoms with van der Waals surface area (Å²) in [6.07, 6.45) is -1.71. The Bertz CT molecular complexity index is 1060. The van der Waals surface area contributed by atoms with Gasteiger partial charge in [0.15, 0.2) is 0 Å². The Kier molecular flexibility index (Phi) is 7.19. The van der Waals surface area contributed by atoms with Crippen molar-refractivity contribution in [3.8, 4) is 5.75 Å². The lowest BCUT2D eigenvalue weighted by molar-refractivity contribution is 0.0774. The predicted molar refractivity (Wildman–Crippen MR) is 106 cm³/mol. The van der Waals surface area contributed by atoms with Crippen molar-refractivity contribution in [3.05, 3.63) is 53.3 Å². The average molecular weight is 458 g/mol. The van der Waals surface area contributed by atoms with Gasteiger partial charge in [-0.1, -0.05) is 0 Å². The first-order valence-electron chi connectivity index (χ1n) is 9.38. The second kappa shape index (κ2) is 9.67. The number of rotatable bonds is 7. The van der Waals surface area contributed by atoms with Crippen molar-refractivity contribution >= 4 is 21.6 Å². The van der Waals surface area contributed by atoms with Crippen LogP contribution in [0.5, 0.6) is 5.75 Å². The Hall–Kier alpha value is -2.63. The summed E-state index contributed by atoms with van der Waals surface area (Å²) in [6, 6.07) is 6.09. The Labute approximate surface area is 177 Å². The molecule has 0 bridgehead atoms. The third-order valence-electron chi connectivity index (χ3n) is 4.70. The lowest BCUT2D eigenvalue weighted by Crippen LogP contribution is -2.40. The van der Waals surface area contributed by atoms with Crippen molar-refractivity contribution in [3.63, 3.8) is 0 Å². The Balaban J connectivity index is 1.86. The second-order valence-corrected chi connectivity index (χ2v) is 8.60. The van der Waals surface area contributed by atoms with E-state index in [1.54, 1.807) is 0 Å². The van der Waals surface area contributed by atoms with E-state index < -0.39 is 33.7 Å². The van der Waals surface area contributed by atoms with Gasteiger partial charge in [-0.15, -0.1) is 0 Å². The number of carbonyl (C=O) groups is 1. The zero-order valence-electron chi connectivity index (χ0n) is 16.5. The number of benzene rings is 2. The number of carbonyl (C=O) groups excluding carboxylic acids is 1. The summed E-state index contributed by atoms with van der Waals surface area (Å²) in [5.74, 6) is -1.83. The highest BCUT2D eigenvalue weighted by molar-refractivity contribution is 7.89.